The van der Waals surface area contributed by atoms with E-state index in [1.54, 1.807) is 54.9 Å². The molecule has 1 fully saturated rings. The van der Waals surface area contributed by atoms with Gasteiger partial charge in [-0.25, -0.2) is 0 Å². The van der Waals surface area contributed by atoms with Crippen molar-refractivity contribution in [1.29, 1.82) is 0 Å². The number of ketones is 1. The van der Waals surface area contributed by atoms with Crippen LogP contribution in [0.5, 0.6) is 17.2 Å². The van der Waals surface area contributed by atoms with E-state index in [0.717, 1.165) is 5.56 Å². The molecular formula is C29H30N2O6. The van der Waals surface area contributed by atoms with E-state index in [0.29, 0.717) is 33.9 Å². The number of aliphatic hydroxyl groups excluding tert-OH is 1. The molecule has 1 aliphatic heterocycles. The lowest BCUT2D eigenvalue weighted by Crippen LogP contribution is -2.29. The van der Waals surface area contributed by atoms with Crippen molar-refractivity contribution in [3.8, 4) is 17.2 Å². The number of nitrogens with zero attached hydrogens (tertiary/aromatic N) is 2. The SMILES string of the molecule is COc1ccc(OC)c(C2/C(=C(\O)c3ccc(OC(C)C)cc3C)C(=O)C(=O)N2Cc2cccnc2)c1. The van der Waals surface area contributed by atoms with Crippen molar-refractivity contribution >= 4 is 17.4 Å². The van der Waals surface area contributed by atoms with E-state index in [9.17, 15) is 14.7 Å². The van der Waals surface area contributed by atoms with Gasteiger partial charge >= 0.3 is 0 Å². The first kappa shape index (κ1) is 25.8. The van der Waals surface area contributed by atoms with Gasteiger partial charge in [0, 0.05) is 30.1 Å². The monoisotopic (exact) mass is 502 g/mol. The summed E-state index contributed by atoms with van der Waals surface area (Å²) in [4.78, 5) is 32.4. The van der Waals surface area contributed by atoms with E-state index >= 15 is 0 Å². The number of Topliss-reactive ketones (excluding diaryl/α,β-unsaturated/α-hetero) is 1. The van der Waals surface area contributed by atoms with Crippen molar-refractivity contribution in [2.75, 3.05) is 14.2 Å². The maximum Gasteiger partial charge on any atom is 0.295 e. The second kappa shape index (κ2) is 10.7. The lowest BCUT2D eigenvalue weighted by Gasteiger charge is -2.27. The van der Waals surface area contributed by atoms with Gasteiger partial charge in [0.05, 0.1) is 31.9 Å². The first-order valence-corrected chi connectivity index (χ1v) is 11.9. The highest BCUT2D eigenvalue weighted by Crippen LogP contribution is 2.45. The Balaban J connectivity index is 1.91. The highest BCUT2D eigenvalue weighted by molar-refractivity contribution is 6.46. The fraction of sp³-hybridized carbons (Fsp3) is 0.276. The lowest BCUT2D eigenvalue weighted by molar-refractivity contribution is -0.140. The number of carbonyl (C=O) groups is 2. The molecule has 1 aliphatic rings. The third kappa shape index (κ3) is 5.14. The fourth-order valence-corrected chi connectivity index (χ4v) is 4.50. The smallest absolute Gasteiger partial charge is 0.295 e. The summed E-state index contributed by atoms with van der Waals surface area (Å²) in [5.74, 6) is -0.153. The number of ether oxygens (including phenoxy) is 3. The maximum atomic E-state index is 13.5. The molecule has 3 aromatic rings. The molecule has 0 radical (unpaired) electrons. The highest BCUT2D eigenvalue weighted by Gasteiger charge is 2.47. The van der Waals surface area contributed by atoms with Crippen LogP contribution in [0.2, 0.25) is 0 Å². The van der Waals surface area contributed by atoms with Crippen molar-refractivity contribution < 1.29 is 28.9 Å². The van der Waals surface area contributed by atoms with Crippen molar-refractivity contribution in [2.24, 2.45) is 0 Å². The van der Waals surface area contributed by atoms with Gasteiger partial charge in [-0.2, -0.15) is 0 Å². The predicted octanol–water partition coefficient (Wildman–Crippen LogP) is 4.82. The maximum absolute atomic E-state index is 13.5. The Morgan fingerprint density at radius 3 is 2.43 bits per heavy atom. The van der Waals surface area contributed by atoms with Crippen LogP contribution >= 0.6 is 0 Å². The molecule has 0 saturated carbocycles. The Labute approximate surface area is 216 Å². The summed E-state index contributed by atoms with van der Waals surface area (Å²) >= 11 is 0. The molecule has 192 valence electrons. The molecule has 0 bridgehead atoms. The number of hydrogen-bond donors (Lipinski definition) is 1. The number of aliphatic hydroxyl groups is 1. The van der Waals surface area contributed by atoms with Crippen LogP contribution in [0.25, 0.3) is 5.76 Å². The third-order valence-corrected chi connectivity index (χ3v) is 6.17. The number of aromatic nitrogens is 1. The zero-order valence-electron chi connectivity index (χ0n) is 21.5. The van der Waals surface area contributed by atoms with E-state index in [2.05, 4.69) is 4.98 Å². The molecule has 1 aromatic heterocycles. The van der Waals surface area contributed by atoms with E-state index < -0.39 is 17.7 Å². The Morgan fingerprint density at radius 2 is 1.81 bits per heavy atom. The minimum atomic E-state index is -0.920. The number of amides is 1. The summed E-state index contributed by atoms with van der Waals surface area (Å²) in [6.45, 7) is 5.78. The summed E-state index contributed by atoms with van der Waals surface area (Å²) < 4.78 is 16.8. The van der Waals surface area contributed by atoms with Crippen LogP contribution in [0, 0.1) is 6.92 Å². The normalized spacial score (nSPS) is 16.8. The highest BCUT2D eigenvalue weighted by atomic mass is 16.5. The zero-order chi connectivity index (χ0) is 26.7. The largest absolute Gasteiger partial charge is 0.507 e. The van der Waals surface area contributed by atoms with Gasteiger partial charge in [-0.05, 0) is 74.4 Å². The van der Waals surface area contributed by atoms with E-state index in [-0.39, 0.29) is 24.0 Å². The van der Waals surface area contributed by atoms with E-state index in [1.165, 1.54) is 19.1 Å². The Hall–Kier alpha value is -4.33. The molecule has 1 unspecified atom stereocenters. The van der Waals surface area contributed by atoms with Gasteiger partial charge in [0.1, 0.15) is 23.0 Å². The number of rotatable bonds is 8. The topological polar surface area (TPSA) is 98.2 Å². The summed E-state index contributed by atoms with van der Waals surface area (Å²) in [5, 5.41) is 11.5. The number of likely N-dealkylation sites (tertiary alicyclic amines) is 1. The van der Waals surface area contributed by atoms with Gasteiger partial charge in [-0.1, -0.05) is 6.07 Å². The summed E-state index contributed by atoms with van der Waals surface area (Å²) in [6.07, 6.45) is 3.25. The zero-order valence-corrected chi connectivity index (χ0v) is 21.5. The number of methoxy groups -OCH3 is 2. The minimum Gasteiger partial charge on any atom is -0.507 e. The van der Waals surface area contributed by atoms with Gasteiger partial charge in [0.2, 0.25) is 0 Å². The van der Waals surface area contributed by atoms with Crippen LogP contribution in [0.4, 0.5) is 0 Å². The van der Waals surface area contributed by atoms with Gasteiger partial charge in [0.25, 0.3) is 11.7 Å². The van der Waals surface area contributed by atoms with Crippen LogP contribution in [0.1, 0.15) is 42.1 Å². The van der Waals surface area contributed by atoms with Gasteiger partial charge < -0.3 is 24.2 Å². The second-order valence-electron chi connectivity index (χ2n) is 9.04. The first-order chi connectivity index (χ1) is 17.7. The number of hydrogen-bond acceptors (Lipinski definition) is 7. The average molecular weight is 503 g/mol. The molecule has 1 N–H and O–H groups in total. The molecule has 1 atom stereocenters. The van der Waals surface area contributed by atoms with Crippen LogP contribution in [0.15, 0.2) is 66.5 Å². The molecule has 8 nitrogen and oxygen atoms in total. The van der Waals surface area contributed by atoms with Crippen LogP contribution in [-0.2, 0) is 16.1 Å². The van der Waals surface area contributed by atoms with Gasteiger partial charge in [-0.15, -0.1) is 0 Å². The molecule has 0 spiro atoms. The molecule has 2 heterocycles. The van der Waals surface area contributed by atoms with Crippen molar-refractivity contribution in [3.63, 3.8) is 0 Å². The third-order valence-electron chi connectivity index (χ3n) is 6.17. The van der Waals surface area contributed by atoms with Crippen molar-refractivity contribution in [3.05, 3.63) is 88.8 Å². The molecule has 1 amide bonds. The standard InChI is InChI=1S/C29H30N2O6/c1-17(2)37-21-8-10-22(18(3)13-21)27(32)25-26(23-14-20(35-4)9-11-24(23)36-5)31(29(34)28(25)33)16-19-7-6-12-30-15-19/h6-15,17,26,32H,16H2,1-5H3/b27-25+. The number of pyridine rings is 1. The lowest BCUT2D eigenvalue weighted by atomic mass is 9.93. The minimum absolute atomic E-state index is 0.0165. The summed E-state index contributed by atoms with van der Waals surface area (Å²) in [7, 11) is 3.04. The summed E-state index contributed by atoms with van der Waals surface area (Å²) in [6, 6.07) is 13.0. The summed E-state index contributed by atoms with van der Waals surface area (Å²) in [5.41, 5.74) is 2.36. The quantitative estimate of drug-likeness (QED) is 0.268. The molecule has 8 heteroatoms. The molecule has 4 rings (SSSR count). The number of benzene rings is 2. The van der Waals surface area contributed by atoms with E-state index in [4.69, 9.17) is 14.2 Å². The Kier molecular flexibility index (Phi) is 7.47. The van der Waals surface area contributed by atoms with Crippen molar-refractivity contribution in [2.45, 2.75) is 39.5 Å². The molecule has 37 heavy (non-hydrogen) atoms. The first-order valence-electron chi connectivity index (χ1n) is 11.9. The van der Waals surface area contributed by atoms with Gasteiger partial charge in [0.15, 0.2) is 0 Å². The Morgan fingerprint density at radius 1 is 1.05 bits per heavy atom. The number of carbonyl (C=O) groups excluding carboxylic acids is 2. The van der Waals surface area contributed by atoms with Crippen LogP contribution < -0.4 is 14.2 Å². The average Bonchev–Trinajstić information content (AvgIpc) is 3.13. The molecule has 1 saturated heterocycles. The predicted molar refractivity (Wildman–Crippen MR) is 139 cm³/mol. The fourth-order valence-electron chi connectivity index (χ4n) is 4.50. The van der Waals surface area contributed by atoms with Gasteiger partial charge in [-0.3, -0.25) is 14.6 Å². The van der Waals surface area contributed by atoms with Crippen LogP contribution in [-0.4, -0.2) is 47.0 Å². The van der Waals surface area contributed by atoms with E-state index in [1.807, 2.05) is 26.8 Å². The Bertz CT molecular complexity index is 1350. The molecular weight excluding hydrogens is 472 g/mol. The number of aryl methyl sites for hydroxylation is 1. The van der Waals surface area contributed by atoms with Crippen molar-refractivity contribution in [1.82, 2.24) is 9.88 Å². The molecule has 0 aliphatic carbocycles. The van der Waals surface area contributed by atoms with Crippen LogP contribution in [0.3, 0.4) is 0 Å². The molecule has 2 aromatic carbocycles. The second-order valence-corrected chi connectivity index (χ2v) is 9.04.